The number of nitrogens with zero attached hydrogens (tertiary/aromatic N) is 4. The second-order valence-electron chi connectivity index (χ2n) is 5.54. The molecule has 0 bridgehead atoms. The van der Waals surface area contributed by atoms with Gasteiger partial charge in [-0.2, -0.15) is 4.98 Å². The molecular formula is C13H25N5O. The lowest BCUT2D eigenvalue weighted by Gasteiger charge is -2.37. The predicted molar refractivity (Wildman–Crippen MR) is 73.8 cm³/mol. The molecule has 1 saturated heterocycles. The molecule has 2 rings (SSSR count). The molecule has 1 aromatic rings. The molecule has 2 N–H and O–H groups in total. The molecule has 6 heteroatoms. The molecule has 0 spiro atoms. The molecule has 1 aliphatic heterocycles. The van der Waals surface area contributed by atoms with E-state index in [1.807, 2.05) is 0 Å². The van der Waals surface area contributed by atoms with Crippen LogP contribution >= 0.6 is 0 Å². The highest BCUT2D eigenvalue weighted by atomic mass is 16.5. The normalized spacial score (nSPS) is 23.7. The summed E-state index contributed by atoms with van der Waals surface area (Å²) in [5.74, 6) is 1.34. The van der Waals surface area contributed by atoms with Gasteiger partial charge in [-0.25, -0.2) is 0 Å². The number of nitrogens with two attached hydrogens (primary N) is 1. The molecule has 0 saturated carbocycles. The second kappa shape index (κ2) is 6.45. The van der Waals surface area contributed by atoms with Gasteiger partial charge in [0, 0.05) is 32.1 Å². The number of likely N-dealkylation sites (N-methyl/N-ethyl adjacent to an activating group) is 2. The van der Waals surface area contributed by atoms with E-state index in [4.69, 9.17) is 10.3 Å². The van der Waals surface area contributed by atoms with Crippen molar-refractivity contribution in [3.05, 3.63) is 11.7 Å². The first-order valence-electron chi connectivity index (χ1n) is 7.07. The van der Waals surface area contributed by atoms with Crippen LogP contribution in [0.5, 0.6) is 0 Å². The van der Waals surface area contributed by atoms with Gasteiger partial charge in [0.15, 0.2) is 5.82 Å². The van der Waals surface area contributed by atoms with Crippen LogP contribution in [-0.4, -0.2) is 59.7 Å². The summed E-state index contributed by atoms with van der Waals surface area (Å²) in [7, 11) is 4.31. The van der Waals surface area contributed by atoms with Gasteiger partial charge in [0.1, 0.15) is 0 Å². The minimum Gasteiger partial charge on any atom is -0.338 e. The smallest absolute Gasteiger partial charge is 0.243 e. The first-order valence-corrected chi connectivity index (χ1v) is 7.07. The Bertz CT molecular complexity index is 394. The molecule has 2 unspecified atom stereocenters. The Balaban J connectivity index is 1.95. The molecule has 0 radical (unpaired) electrons. The number of piperazine rings is 1. The fourth-order valence-electron chi connectivity index (χ4n) is 2.47. The maximum atomic E-state index is 5.99. The van der Waals surface area contributed by atoms with Crippen LogP contribution in [0, 0.1) is 0 Å². The van der Waals surface area contributed by atoms with E-state index < -0.39 is 0 Å². The highest BCUT2D eigenvalue weighted by Gasteiger charge is 2.24. The van der Waals surface area contributed by atoms with Crippen LogP contribution in [0.4, 0.5) is 0 Å². The molecule has 1 aromatic heterocycles. The maximum absolute atomic E-state index is 5.99. The van der Waals surface area contributed by atoms with Crippen LogP contribution in [0.25, 0.3) is 0 Å². The lowest BCUT2D eigenvalue weighted by Crippen LogP contribution is -2.50. The van der Waals surface area contributed by atoms with E-state index in [0.717, 1.165) is 44.7 Å². The van der Waals surface area contributed by atoms with Crippen molar-refractivity contribution in [1.29, 1.82) is 0 Å². The van der Waals surface area contributed by atoms with Crippen molar-refractivity contribution in [3.8, 4) is 0 Å². The van der Waals surface area contributed by atoms with E-state index in [9.17, 15) is 0 Å². The second-order valence-corrected chi connectivity index (χ2v) is 5.54. The molecular weight excluding hydrogens is 242 g/mol. The molecule has 0 aromatic carbocycles. The highest BCUT2D eigenvalue weighted by Crippen LogP contribution is 2.15. The highest BCUT2D eigenvalue weighted by molar-refractivity contribution is 4.95. The molecule has 2 heterocycles. The van der Waals surface area contributed by atoms with Crippen LogP contribution in [0.1, 0.15) is 37.5 Å². The van der Waals surface area contributed by atoms with Crippen LogP contribution in [0.15, 0.2) is 4.52 Å². The third-order valence-corrected chi connectivity index (χ3v) is 3.80. The Morgan fingerprint density at radius 3 is 2.95 bits per heavy atom. The van der Waals surface area contributed by atoms with E-state index in [-0.39, 0.29) is 6.04 Å². The Kier molecular flexibility index (Phi) is 4.90. The number of hydrogen-bond acceptors (Lipinski definition) is 6. The lowest BCUT2D eigenvalue weighted by molar-refractivity contribution is 0.113. The fourth-order valence-corrected chi connectivity index (χ4v) is 2.47. The Labute approximate surface area is 114 Å². The fraction of sp³-hybridized carbons (Fsp3) is 0.846. The van der Waals surface area contributed by atoms with Crippen molar-refractivity contribution in [2.75, 3.05) is 33.7 Å². The maximum Gasteiger partial charge on any atom is 0.243 e. The minimum absolute atomic E-state index is 0.127. The van der Waals surface area contributed by atoms with Crippen molar-refractivity contribution in [1.82, 2.24) is 19.9 Å². The van der Waals surface area contributed by atoms with E-state index >= 15 is 0 Å². The third kappa shape index (κ3) is 3.75. The van der Waals surface area contributed by atoms with Gasteiger partial charge in [0.05, 0.1) is 6.04 Å². The Morgan fingerprint density at radius 2 is 2.21 bits per heavy atom. The predicted octanol–water partition coefficient (Wildman–Crippen LogP) is 0.658. The van der Waals surface area contributed by atoms with E-state index in [1.165, 1.54) is 0 Å². The average molecular weight is 267 g/mol. The van der Waals surface area contributed by atoms with Crippen molar-refractivity contribution in [2.45, 2.75) is 38.3 Å². The summed E-state index contributed by atoms with van der Waals surface area (Å²) in [5.41, 5.74) is 5.99. The Morgan fingerprint density at radius 1 is 1.42 bits per heavy atom. The van der Waals surface area contributed by atoms with Gasteiger partial charge < -0.3 is 20.1 Å². The standard InChI is InChI=1S/C13H25N5O/c1-4-5-11(14)13-15-12(16-19-13)8-10-9-17(2)6-7-18(10)3/h10-11H,4-9,14H2,1-3H3. The minimum atomic E-state index is -0.127. The van der Waals surface area contributed by atoms with Crippen molar-refractivity contribution >= 4 is 0 Å². The first-order chi connectivity index (χ1) is 9.10. The molecule has 0 aliphatic carbocycles. The van der Waals surface area contributed by atoms with Gasteiger partial charge >= 0.3 is 0 Å². The van der Waals surface area contributed by atoms with Gasteiger partial charge in [-0.1, -0.05) is 18.5 Å². The van der Waals surface area contributed by atoms with E-state index in [1.54, 1.807) is 0 Å². The summed E-state index contributed by atoms with van der Waals surface area (Å²) in [5, 5.41) is 4.06. The van der Waals surface area contributed by atoms with Gasteiger partial charge in [0.25, 0.3) is 0 Å². The molecule has 6 nitrogen and oxygen atoms in total. The van der Waals surface area contributed by atoms with Crippen molar-refractivity contribution < 1.29 is 4.52 Å². The number of rotatable bonds is 5. The van der Waals surface area contributed by atoms with E-state index in [2.05, 4.69) is 41.0 Å². The Hall–Kier alpha value is -0.980. The first kappa shape index (κ1) is 14.4. The van der Waals surface area contributed by atoms with Crippen LogP contribution in [0.3, 0.4) is 0 Å². The summed E-state index contributed by atoms with van der Waals surface area (Å²) in [4.78, 5) is 9.14. The summed E-state index contributed by atoms with van der Waals surface area (Å²) in [6, 6.07) is 0.324. The van der Waals surface area contributed by atoms with Gasteiger partial charge in [0.2, 0.25) is 5.89 Å². The van der Waals surface area contributed by atoms with Gasteiger partial charge in [-0.3, -0.25) is 0 Å². The summed E-state index contributed by atoms with van der Waals surface area (Å²) in [6.45, 7) is 5.35. The van der Waals surface area contributed by atoms with Crippen molar-refractivity contribution in [3.63, 3.8) is 0 Å². The zero-order chi connectivity index (χ0) is 13.8. The number of hydrogen-bond donors (Lipinski definition) is 1. The third-order valence-electron chi connectivity index (χ3n) is 3.80. The SMILES string of the molecule is CCCC(N)c1nc(CC2CN(C)CCN2C)no1. The molecule has 0 amide bonds. The van der Waals surface area contributed by atoms with Crippen LogP contribution < -0.4 is 5.73 Å². The topological polar surface area (TPSA) is 71.4 Å². The molecule has 2 atom stereocenters. The summed E-state index contributed by atoms with van der Waals surface area (Å²) >= 11 is 0. The van der Waals surface area contributed by atoms with Crippen LogP contribution in [-0.2, 0) is 6.42 Å². The molecule has 1 fully saturated rings. The summed E-state index contributed by atoms with van der Waals surface area (Å²) < 4.78 is 5.26. The largest absolute Gasteiger partial charge is 0.338 e. The van der Waals surface area contributed by atoms with Crippen LogP contribution in [0.2, 0.25) is 0 Å². The summed E-state index contributed by atoms with van der Waals surface area (Å²) in [6.07, 6.45) is 2.73. The zero-order valence-electron chi connectivity index (χ0n) is 12.2. The average Bonchev–Trinajstić information content (AvgIpc) is 2.83. The van der Waals surface area contributed by atoms with Gasteiger partial charge in [-0.15, -0.1) is 0 Å². The monoisotopic (exact) mass is 267 g/mol. The molecule has 19 heavy (non-hydrogen) atoms. The number of aromatic nitrogens is 2. The lowest BCUT2D eigenvalue weighted by atomic mass is 10.1. The molecule has 1 aliphatic rings. The molecule has 108 valence electrons. The van der Waals surface area contributed by atoms with E-state index in [0.29, 0.717) is 11.9 Å². The van der Waals surface area contributed by atoms with Gasteiger partial charge in [-0.05, 0) is 20.5 Å². The quantitative estimate of drug-likeness (QED) is 0.845. The van der Waals surface area contributed by atoms with Crippen molar-refractivity contribution in [2.24, 2.45) is 5.73 Å². The zero-order valence-corrected chi connectivity index (χ0v) is 12.2.